The molecule has 124 valence electrons. The second-order valence-corrected chi connectivity index (χ2v) is 7.62. The van der Waals surface area contributed by atoms with Gasteiger partial charge in [0, 0.05) is 30.1 Å². The Kier molecular flexibility index (Phi) is 4.43. The number of carbonyl (C=O) groups excluding carboxylic acids is 2. The van der Waals surface area contributed by atoms with E-state index < -0.39 is 0 Å². The Morgan fingerprint density at radius 3 is 2.70 bits per heavy atom. The fourth-order valence-electron chi connectivity index (χ4n) is 3.26. The zero-order valence-corrected chi connectivity index (χ0v) is 14.3. The van der Waals surface area contributed by atoms with Gasteiger partial charge in [-0.25, -0.2) is 4.79 Å². The Hall–Kier alpha value is -1.82. The minimum atomic E-state index is -0.257. The van der Waals surface area contributed by atoms with Gasteiger partial charge in [0.2, 0.25) is 5.91 Å². The highest BCUT2D eigenvalue weighted by Gasteiger charge is 2.44. The van der Waals surface area contributed by atoms with E-state index in [0.717, 1.165) is 17.7 Å². The molecule has 2 aliphatic heterocycles. The molecule has 0 saturated carbocycles. The number of rotatable bonds is 3. The van der Waals surface area contributed by atoms with Crippen molar-refractivity contribution in [3.8, 4) is 0 Å². The molecule has 0 unspecified atom stereocenters. The van der Waals surface area contributed by atoms with E-state index in [1.807, 2.05) is 47.2 Å². The number of amides is 2. The van der Waals surface area contributed by atoms with E-state index in [-0.39, 0.29) is 23.6 Å². The molecule has 2 fully saturated rings. The van der Waals surface area contributed by atoms with E-state index in [9.17, 15) is 9.59 Å². The summed E-state index contributed by atoms with van der Waals surface area (Å²) in [5, 5.41) is 1.99. The molecule has 2 aliphatic rings. The van der Waals surface area contributed by atoms with E-state index >= 15 is 0 Å². The topological polar surface area (TPSA) is 49.9 Å². The van der Waals surface area contributed by atoms with Gasteiger partial charge in [-0.15, -0.1) is 11.3 Å². The first kappa shape index (κ1) is 16.1. The molecule has 0 atom stereocenters. The first-order valence-corrected chi connectivity index (χ1v) is 8.82. The Morgan fingerprint density at radius 2 is 2.13 bits per heavy atom. The standard InChI is InChI=1S/C17H22N2O3S/c1-17(2)12-22-16(21)19(17)13-7-9-18(10-8-13)15(20)6-5-14-4-3-11-23-14/h3-6,11,13H,7-10,12H2,1-2H3/b6-5+. The van der Waals surface area contributed by atoms with Crippen LogP contribution in [0.1, 0.15) is 31.6 Å². The lowest BCUT2D eigenvalue weighted by Gasteiger charge is -2.40. The van der Waals surface area contributed by atoms with Gasteiger partial charge in [0.25, 0.3) is 0 Å². The summed E-state index contributed by atoms with van der Waals surface area (Å²) in [6.45, 7) is 5.85. The Balaban J connectivity index is 1.56. The van der Waals surface area contributed by atoms with Crippen molar-refractivity contribution in [1.29, 1.82) is 0 Å². The van der Waals surface area contributed by atoms with Crippen molar-refractivity contribution in [1.82, 2.24) is 9.80 Å². The summed E-state index contributed by atoms with van der Waals surface area (Å²) in [7, 11) is 0. The summed E-state index contributed by atoms with van der Waals surface area (Å²) in [5.74, 6) is 0.0418. The van der Waals surface area contributed by atoms with Gasteiger partial charge in [0.1, 0.15) is 6.61 Å². The van der Waals surface area contributed by atoms with Crippen LogP contribution in [0.4, 0.5) is 4.79 Å². The number of likely N-dealkylation sites (tertiary alicyclic amines) is 1. The quantitative estimate of drug-likeness (QED) is 0.799. The number of thiophene rings is 1. The average molecular weight is 334 g/mol. The summed E-state index contributed by atoms with van der Waals surface area (Å²) in [6, 6.07) is 4.11. The fraction of sp³-hybridized carbons (Fsp3) is 0.529. The number of carbonyl (C=O) groups is 2. The van der Waals surface area contributed by atoms with Crippen molar-refractivity contribution in [3.63, 3.8) is 0 Å². The molecule has 0 aliphatic carbocycles. The lowest BCUT2D eigenvalue weighted by Crippen LogP contribution is -2.53. The first-order valence-electron chi connectivity index (χ1n) is 7.94. The van der Waals surface area contributed by atoms with E-state index in [4.69, 9.17) is 4.74 Å². The fourth-order valence-corrected chi connectivity index (χ4v) is 3.88. The number of piperidine rings is 1. The van der Waals surface area contributed by atoms with Crippen molar-refractivity contribution < 1.29 is 14.3 Å². The SMILES string of the molecule is CC1(C)COC(=O)N1C1CCN(C(=O)/C=C/c2cccs2)CC1. The molecule has 0 spiro atoms. The molecule has 2 saturated heterocycles. The average Bonchev–Trinajstić information content (AvgIpc) is 3.13. The van der Waals surface area contributed by atoms with Gasteiger partial charge < -0.3 is 9.64 Å². The van der Waals surface area contributed by atoms with Crippen LogP contribution < -0.4 is 0 Å². The van der Waals surface area contributed by atoms with Gasteiger partial charge >= 0.3 is 6.09 Å². The van der Waals surface area contributed by atoms with Crippen LogP contribution in [0.3, 0.4) is 0 Å². The maximum atomic E-state index is 12.3. The van der Waals surface area contributed by atoms with Crippen LogP contribution in [0.5, 0.6) is 0 Å². The highest BCUT2D eigenvalue weighted by atomic mass is 32.1. The van der Waals surface area contributed by atoms with Crippen LogP contribution in [0, 0.1) is 0 Å². The maximum absolute atomic E-state index is 12.3. The van der Waals surface area contributed by atoms with Crippen LogP contribution in [0.2, 0.25) is 0 Å². The van der Waals surface area contributed by atoms with Crippen LogP contribution >= 0.6 is 11.3 Å². The van der Waals surface area contributed by atoms with E-state index in [1.165, 1.54) is 0 Å². The summed E-state index contributed by atoms with van der Waals surface area (Å²) in [6.07, 6.45) is 4.88. The van der Waals surface area contributed by atoms with Crippen LogP contribution in [-0.4, -0.2) is 53.1 Å². The lowest BCUT2D eigenvalue weighted by molar-refractivity contribution is -0.127. The van der Waals surface area contributed by atoms with Crippen molar-refractivity contribution >= 4 is 29.4 Å². The molecule has 0 bridgehead atoms. The largest absolute Gasteiger partial charge is 0.447 e. The zero-order chi connectivity index (χ0) is 16.4. The number of hydrogen-bond acceptors (Lipinski definition) is 4. The Bertz CT molecular complexity index is 601. The summed E-state index contributed by atoms with van der Waals surface area (Å²) < 4.78 is 5.18. The molecule has 1 aromatic heterocycles. The minimum absolute atomic E-state index is 0.0418. The summed E-state index contributed by atoms with van der Waals surface area (Å²) in [5.41, 5.74) is -0.257. The number of cyclic esters (lactones) is 1. The van der Waals surface area contributed by atoms with Crippen LogP contribution in [0.25, 0.3) is 6.08 Å². The second kappa shape index (κ2) is 6.35. The second-order valence-electron chi connectivity index (χ2n) is 6.64. The number of ether oxygens (including phenoxy) is 1. The van der Waals surface area contributed by atoms with Gasteiger partial charge in [0.05, 0.1) is 5.54 Å². The van der Waals surface area contributed by atoms with Gasteiger partial charge in [-0.3, -0.25) is 9.69 Å². The molecule has 2 amide bonds. The first-order chi connectivity index (χ1) is 11.0. The van der Waals surface area contributed by atoms with Gasteiger partial charge in [-0.05, 0) is 44.2 Å². The molecule has 1 aromatic rings. The highest BCUT2D eigenvalue weighted by Crippen LogP contribution is 2.30. The molecule has 3 rings (SSSR count). The van der Waals surface area contributed by atoms with Crippen molar-refractivity contribution in [3.05, 3.63) is 28.5 Å². The summed E-state index contributed by atoms with van der Waals surface area (Å²) >= 11 is 1.61. The van der Waals surface area contributed by atoms with Crippen molar-refractivity contribution in [2.45, 2.75) is 38.3 Å². The van der Waals surface area contributed by atoms with Crippen molar-refractivity contribution in [2.75, 3.05) is 19.7 Å². The normalized spacial score (nSPS) is 21.9. The monoisotopic (exact) mass is 334 g/mol. The molecule has 5 nitrogen and oxygen atoms in total. The van der Waals surface area contributed by atoms with E-state index in [1.54, 1.807) is 17.4 Å². The third-order valence-corrected chi connectivity index (χ3v) is 5.31. The molecular formula is C17H22N2O3S. The third-order valence-electron chi connectivity index (χ3n) is 4.47. The zero-order valence-electron chi connectivity index (χ0n) is 13.5. The van der Waals surface area contributed by atoms with Gasteiger partial charge in [0.15, 0.2) is 0 Å². The maximum Gasteiger partial charge on any atom is 0.410 e. The molecule has 0 N–H and O–H groups in total. The molecular weight excluding hydrogens is 312 g/mol. The molecule has 0 aromatic carbocycles. The van der Waals surface area contributed by atoms with Crippen LogP contribution in [-0.2, 0) is 9.53 Å². The van der Waals surface area contributed by atoms with E-state index in [0.29, 0.717) is 19.7 Å². The molecule has 23 heavy (non-hydrogen) atoms. The molecule has 6 heteroatoms. The molecule has 3 heterocycles. The van der Waals surface area contributed by atoms with Gasteiger partial charge in [-0.2, -0.15) is 0 Å². The molecule has 0 radical (unpaired) electrons. The number of nitrogens with zero attached hydrogens (tertiary/aromatic N) is 2. The summed E-state index contributed by atoms with van der Waals surface area (Å²) in [4.78, 5) is 29.0. The van der Waals surface area contributed by atoms with Crippen molar-refractivity contribution in [2.24, 2.45) is 0 Å². The third kappa shape index (κ3) is 3.42. The predicted octanol–water partition coefficient (Wildman–Crippen LogP) is 2.98. The number of hydrogen-bond donors (Lipinski definition) is 0. The smallest absolute Gasteiger partial charge is 0.410 e. The Morgan fingerprint density at radius 1 is 1.39 bits per heavy atom. The minimum Gasteiger partial charge on any atom is -0.447 e. The van der Waals surface area contributed by atoms with Crippen LogP contribution in [0.15, 0.2) is 23.6 Å². The van der Waals surface area contributed by atoms with Gasteiger partial charge in [-0.1, -0.05) is 6.07 Å². The predicted molar refractivity (Wildman–Crippen MR) is 90.2 cm³/mol. The highest BCUT2D eigenvalue weighted by molar-refractivity contribution is 7.10. The van der Waals surface area contributed by atoms with E-state index in [2.05, 4.69) is 0 Å². The Labute approximate surface area is 140 Å². The lowest BCUT2D eigenvalue weighted by atomic mass is 9.97.